The van der Waals surface area contributed by atoms with E-state index in [4.69, 9.17) is 10.3 Å². The van der Waals surface area contributed by atoms with Crippen LogP contribution in [-0.2, 0) is 5.54 Å². The molecule has 1 saturated carbocycles. The molecule has 1 heterocycles. The summed E-state index contributed by atoms with van der Waals surface area (Å²) < 4.78 is 5.55. The van der Waals surface area contributed by atoms with Gasteiger partial charge in [-0.15, -0.1) is 0 Å². The number of hydrogen-bond acceptors (Lipinski definition) is 4. The van der Waals surface area contributed by atoms with E-state index in [0.29, 0.717) is 5.92 Å². The Hall–Kier alpha value is -0.900. The van der Waals surface area contributed by atoms with E-state index in [1.165, 1.54) is 25.7 Å². The molecule has 0 spiro atoms. The molecule has 20 heavy (non-hydrogen) atoms. The first-order valence-corrected chi connectivity index (χ1v) is 8.32. The third-order valence-corrected chi connectivity index (χ3v) is 4.51. The topological polar surface area (TPSA) is 64.9 Å². The fourth-order valence-corrected chi connectivity index (χ4v) is 3.27. The first-order chi connectivity index (χ1) is 9.69. The molecule has 2 N–H and O–H groups in total. The Morgan fingerprint density at radius 3 is 2.25 bits per heavy atom. The van der Waals surface area contributed by atoms with Gasteiger partial charge in [0, 0.05) is 5.92 Å². The summed E-state index contributed by atoms with van der Waals surface area (Å²) in [6.45, 7) is 4.41. The van der Waals surface area contributed by atoms with Crippen LogP contribution in [0.2, 0.25) is 0 Å². The second kappa shape index (κ2) is 7.21. The molecule has 4 nitrogen and oxygen atoms in total. The van der Waals surface area contributed by atoms with Crippen LogP contribution in [0.4, 0.5) is 0 Å². The maximum Gasteiger partial charge on any atom is 0.229 e. The summed E-state index contributed by atoms with van der Waals surface area (Å²) in [6.07, 6.45) is 11.4. The summed E-state index contributed by atoms with van der Waals surface area (Å²) >= 11 is 0. The Labute approximate surface area is 122 Å². The van der Waals surface area contributed by atoms with Crippen molar-refractivity contribution in [3.8, 4) is 0 Å². The highest BCUT2D eigenvalue weighted by Gasteiger charge is 2.34. The van der Waals surface area contributed by atoms with Crippen molar-refractivity contribution in [3.05, 3.63) is 11.7 Å². The zero-order valence-corrected chi connectivity index (χ0v) is 13.0. The number of hydrogen-bond donors (Lipinski definition) is 1. The quantitative estimate of drug-likeness (QED) is 0.790. The van der Waals surface area contributed by atoms with Crippen LogP contribution in [0.5, 0.6) is 0 Å². The molecule has 4 heteroatoms. The largest absolute Gasteiger partial charge is 0.339 e. The van der Waals surface area contributed by atoms with Crippen LogP contribution in [-0.4, -0.2) is 10.1 Å². The van der Waals surface area contributed by atoms with Crippen LogP contribution in [0.3, 0.4) is 0 Å². The Balaban J connectivity index is 2.13. The van der Waals surface area contributed by atoms with Crippen LogP contribution >= 0.6 is 0 Å². The van der Waals surface area contributed by atoms with Gasteiger partial charge in [0.2, 0.25) is 5.89 Å². The zero-order valence-electron chi connectivity index (χ0n) is 13.0. The molecule has 0 aliphatic heterocycles. The van der Waals surface area contributed by atoms with Gasteiger partial charge in [-0.2, -0.15) is 4.98 Å². The van der Waals surface area contributed by atoms with E-state index in [2.05, 4.69) is 24.0 Å². The molecule has 1 aliphatic rings. The SMILES string of the molecule is CCCC(CCC)c1nc(C2(N)CCCCCC2)no1. The molecule has 1 aliphatic carbocycles. The first-order valence-electron chi connectivity index (χ1n) is 8.32. The molecule has 1 fully saturated rings. The fourth-order valence-electron chi connectivity index (χ4n) is 3.27. The van der Waals surface area contributed by atoms with Gasteiger partial charge in [-0.1, -0.05) is 57.5 Å². The smallest absolute Gasteiger partial charge is 0.229 e. The fraction of sp³-hybridized carbons (Fsp3) is 0.875. The highest BCUT2D eigenvalue weighted by molar-refractivity contribution is 5.06. The summed E-state index contributed by atoms with van der Waals surface area (Å²) in [7, 11) is 0. The van der Waals surface area contributed by atoms with Crippen molar-refractivity contribution < 1.29 is 4.52 Å². The van der Waals surface area contributed by atoms with Crippen molar-refractivity contribution in [2.24, 2.45) is 5.73 Å². The van der Waals surface area contributed by atoms with E-state index in [1.807, 2.05) is 0 Å². The minimum atomic E-state index is -0.360. The van der Waals surface area contributed by atoms with Crippen molar-refractivity contribution >= 4 is 0 Å². The van der Waals surface area contributed by atoms with Gasteiger partial charge in [-0.3, -0.25) is 0 Å². The van der Waals surface area contributed by atoms with Gasteiger partial charge >= 0.3 is 0 Å². The van der Waals surface area contributed by atoms with Crippen molar-refractivity contribution in [2.45, 2.75) is 89.5 Å². The van der Waals surface area contributed by atoms with E-state index < -0.39 is 0 Å². The van der Waals surface area contributed by atoms with Gasteiger partial charge in [0.15, 0.2) is 5.82 Å². The molecule has 0 atom stereocenters. The average molecular weight is 279 g/mol. The van der Waals surface area contributed by atoms with Crippen molar-refractivity contribution in [1.82, 2.24) is 10.1 Å². The lowest BCUT2D eigenvalue weighted by Crippen LogP contribution is -2.37. The van der Waals surface area contributed by atoms with Gasteiger partial charge in [-0.25, -0.2) is 0 Å². The van der Waals surface area contributed by atoms with Gasteiger partial charge in [-0.05, 0) is 25.7 Å². The van der Waals surface area contributed by atoms with Crippen LogP contribution in [0.25, 0.3) is 0 Å². The minimum Gasteiger partial charge on any atom is -0.339 e. The number of nitrogens with zero attached hydrogens (tertiary/aromatic N) is 2. The molecule has 0 unspecified atom stereocenters. The number of rotatable bonds is 6. The molecule has 0 radical (unpaired) electrons. The van der Waals surface area contributed by atoms with Crippen molar-refractivity contribution in [2.75, 3.05) is 0 Å². The normalized spacial score (nSPS) is 19.2. The molecule has 1 aromatic rings. The molecule has 2 rings (SSSR count). The maximum atomic E-state index is 6.56. The molecule has 0 aromatic carbocycles. The lowest BCUT2D eigenvalue weighted by molar-refractivity contribution is 0.310. The van der Waals surface area contributed by atoms with Gasteiger partial charge in [0.05, 0.1) is 5.54 Å². The second-order valence-electron chi connectivity index (χ2n) is 6.30. The molecular weight excluding hydrogens is 250 g/mol. The summed E-state index contributed by atoms with van der Waals surface area (Å²) in [4.78, 5) is 4.68. The van der Waals surface area contributed by atoms with Gasteiger partial charge < -0.3 is 10.3 Å². The molecule has 0 saturated heterocycles. The maximum absolute atomic E-state index is 6.56. The summed E-state index contributed by atoms with van der Waals surface area (Å²) in [5.41, 5.74) is 6.20. The Bertz CT molecular complexity index is 388. The Kier molecular flexibility index (Phi) is 5.58. The lowest BCUT2D eigenvalue weighted by Gasteiger charge is -2.23. The number of aromatic nitrogens is 2. The van der Waals surface area contributed by atoms with Crippen molar-refractivity contribution in [3.63, 3.8) is 0 Å². The molecule has 1 aromatic heterocycles. The van der Waals surface area contributed by atoms with E-state index in [1.54, 1.807) is 0 Å². The standard InChI is InChI=1S/C16H29N3O/c1-3-9-13(10-4-2)14-18-15(19-20-14)16(17)11-7-5-6-8-12-16/h13H,3-12,17H2,1-2H3. The monoisotopic (exact) mass is 279 g/mol. The number of nitrogens with two attached hydrogens (primary N) is 1. The summed E-state index contributed by atoms with van der Waals surface area (Å²) in [5.74, 6) is 1.95. The Morgan fingerprint density at radius 1 is 1.10 bits per heavy atom. The average Bonchev–Trinajstić information content (AvgIpc) is 2.83. The molecule has 0 amide bonds. The van der Waals surface area contributed by atoms with E-state index in [0.717, 1.165) is 50.2 Å². The Morgan fingerprint density at radius 2 is 1.70 bits per heavy atom. The van der Waals surface area contributed by atoms with E-state index in [9.17, 15) is 0 Å². The van der Waals surface area contributed by atoms with Crippen LogP contribution in [0.15, 0.2) is 4.52 Å². The third kappa shape index (κ3) is 3.60. The van der Waals surface area contributed by atoms with Gasteiger partial charge in [0.25, 0.3) is 0 Å². The minimum absolute atomic E-state index is 0.360. The third-order valence-electron chi connectivity index (χ3n) is 4.51. The summed E-state index contributed by atoms with van der Waals surface area (Å²) in [5, 5.41) is 4.23. The van der Waals surface area contributed by atoms with Gasteiger partial charge in [0.1, 0.15) is 0 Å². The first kappa shape index (κ1) is 15.5. The molecular formula is C16H29N3O. The highest BCUT2D eigenvalue weighted by Crippen LogP contribution is 2.33. The van der Waals surface area contributed by atoms with Crippen LogP contribution < -0.4 is 5.73 Å². The highest BCUT2D eigenvalue weighted by atomic mass is 16.5. The molecule has 0 bridgehead atoms. The van der Waals surface area contributed by atoms with Crippen LogP contribution in [0, 0.1) is 0 Å². The lowest BCUT2D eigenvalue weighted by atomic mass is 9.90. The van der Waals surface area contributed by atoms with Crippen molar-refractivity contribution in [1.29, 1.82) is 0 Å². The summed E-state index contributed by atoms with van der Waals surface area (Å²) in [6, 6.07) is 0. The second-order valence-corrected chi connectivity index (χ2v) is 6.30. The molecule has 114 valence electrons. The van der Waals surface area contributed by atoms with E-state index in [-0.39, 0.29) is 5.54 Å². The van der Waals surface area contributed by atoms with E-state index >= 15 is 0 Å². The predicted molar refractivity (Wildman–Crippen MR) is 80.4 cm³/mol. The van der Waals surface area contributed by atoms with Crippen LogP contribution in [0.1, 0.15) is 95.7 Å². The predicted octanol–water partition coefficient (Wildman–Crippen LogP) is 4.26. The zero-order chi connectivity index (χ0) is 14.4.